The van der Waals surface area contributed by atoms with Crippen molar-refractivity contribution >= 4 is 83.5 Å². The topological polar surface area (TPSA) is 9.72 Å². The summed E-state index contributed by atoms with van der Waals surface area (Å²) in [5.41, 5.74) is 12.0. The fourth-order valence-electron chi connectivity index (χ4n) is 8.84. The van der Waals surface area contributed by atoms with Gasteiger partial charge in [-0.2, -0.15) is 0 Å². The second kappa shape index (κ2) is 16.6. The third kappa shape index (κ3) is 7.54. The Labute approximate surface area is 368 Å². The Morgan fingerprint density at radius 3 is 0.810 bits per heavy atom. The maximum Gasteiger partial charge on any atom is 0.0488 e. The third-order valence-corrected chi connectivity index (χ3v) is 11.9. The van der Waals surface area contributed by atoms with Crippen molar-refractivity contribution in [2.45, 2.75) is 0 Å². The van der Waals surface area contributed by atoms with Crippen LogP contribution in [0.25, 0.3) is 43.4 Å². The molecular weight excluding hydrogens is 763 g/mol. The number of rotatable bonds is 10. The highest BCUT2D eigenvalue weighted by molar-refractivity contribution is 5.94. The first-order valence-electron chi connectivity index (χ1n) is 21.5. The fourth-order valence-corrected chi connectivity index (χ4v) is 8.84. The smallest absolute Gasteiger partial charge is 0.0488 e. The molecule has 0 saturated heterocycles. The molecule has 0 atom stereocenters. The van der Waals surface area contributed by atoms with Gasteiger partial charge < -0.3 is 14.7 Å². The molecule has 3 heteroatoms. The van der Waals surface area contributed by atoms with Gasteiger partial charge in [0.15, 0.2) is 0 Å². The molecule has 0 unspecified atom stereocenters. The van der Waals surface area contributed by atoms with Crippen LogP contribution >= 0.6 is 0 Å². The quantitative estimate of drug-likeness (QED) is 0.136. The molecule has 63 heavy (non-hydrogen) atoms. The molecule has 0 bridgehead atoms. The SMILES string of the molecule is c1ccc(N(c2ccc(-c3cc(N(c4ccccc4)c4ccc5ccccc5c4)cc(N(c4ccccc4)c4ccc5ccccc5c4)c3)cc2)c2ccc3ccccc3c2)cc1. The predicted molar refractivity (Wildman–Crippen MR) is 268 cm³/mol. The summed E-state index contributed by atoms with van der Waals surface area (Å²) >= 11 is 0. The molecule has 0 spiro atoms. The number of hydrogen-bond acceptors (Lipinski definition) is 3. The molecule has 11 rings (SSSR count). The molecule has 0 aromatic heterocycles. The predicted octanol–water partition coefficient (Wildman–Crippen LogP) is 17.2. The molecule has 3 nitrogen and oxygen atoms in total. The van der Waals surface area contributed by atoms with Crippen LogP contribution in [-0.2, 0) is 0 Å². The standard InChI is InChI=1S/C60H43N3/c1-4-22-52(23-5-1)61(56-35-30-44-16-10-13-19-48(44)38-56)55-33-28-47(29-34-55)51-41-59(62(53-24-6-2-7-25-53)57-36-31-45-17-11-14-20-49(45)39-57)43-60(42-51)63(54-26-8-3-9-27-54)58-37-32-46-18-12-15-21-50(46)40-58/h1-43H. The lowest BCUT2D eigenvalue weighted by Crippen LogP contribution is -2.13. The lowest BCUT2D eigenvalue weighted by molar-refractivity contribution is 1.25. The van der Waals surface area contributed by atoms with E-state index >= 15 is 0 Å². The van der Waals surface area contributed by atoms with Crippen LogP contribution in [-0.4, -0.2) is 0 Å². The van der Waals surface area contributed by atoms with Crippen LogP contribution in [0.2, 0.25) is 0 Å². The van der Waals surface area contributed by atoms with Gasteiger partial charge in [0.1, 0.15) is 0 Å². The lowest BCUT2D eigenvalue weighted by atomic mass is 10.0. The van der Waals surface area contributed by atoms with E-state index in [0.29, 0.717) is 0 Å². The van der Waals surface area contributed by atoms with Crippen molar-refractivity contribution in [3.05, 3.63) is 261 Å². The zero-order chi connectivity index (χ0) is 42.0. The van der Waals surface area contributed by atoms with Gasteiger partial charge >= 0.3 is 0 Å². The minimum Gasteiger partial charge on any atom is -0.310 e. The van der Waals surface area contributed by atoms with E-state index in [1.54, 1.807) is 0 Å². The Morgan fingerprint density at radius 1 is 0.159 bits per heavy atom. The van der Waals surface area contributed by atoms with E-state index in [1.807, 2.05) is 0 Å². The Balaban J connectivity index is 1.10. The van der Waals surface area contributed by atoms with Gasteiger partial charge in [-0.25, -0.2) is 0 Å². The summed E-state index contributed by atoms with van der Waals surface area (Å²) in [4.78, 5) is 7.11. The molecule has 11 aromatic carbocycles. The van der Waals surface area contributed by atoms with Crippen LogP contribution in [0.3, 0.4) is 0 Å². The Bertz CT molecular complexity index is 3210. The minimum atomic E-state index is 1.05. The van der Waals surface area contributed by atoms with Crippen LogP contribution in [0, 0.1) is 0 Å². The molecule has 0 aliphatic heterocycles. The van der Waals surface area contributed by atoms with Gasteiger partial charge in [-0.05, 0) is 147 Å². The summed E-state index contributed by atoms with van der Waals surface area (Å²) in [6.07, 6.45) is 0. The first-order chi connectivity index (χ1) is 31.2. The van der Waals surface area contributed by atoms with Crippen LogP contribution in [0.15, 0.2) is 261 Å². The molecule has 0 fully saturated rings. The Morgan fingerprint density at radius 2 is 0.444 bits per heavy atom. The molecule has 0 radical (unpaired) electrons. The highest BCUT2D eigenvalue weighted by atomic mass is 15.2. The molecule has 0 aliphatic carbocycles. The highest BCUT2D eigenvalue weighted by Gasteiger charge is 2.21. The zero-order valence-corrected chi connectivity index (χ0v) is 34.7. The molecule has 0 N–H and O–H groups in total. The summed E-state index contributed by atoms with van der Waals surface area (Å²) in [7, 11) is 0. The second-order valence-corrected chi connectivity index (χ2v) is 15.9. The zero-order valence-electron chi connectivity index (χ0n) is 34.7. The molecule has 298 valence electrons. The Kier molecular flexibility index (Phi) is 9.89. The van der Waals surface area contributed by atoms with Crippen molar-refractivity contribution in [2.24, 2.45) is 0 Å². The van der Waals surface area contributed by atoms with Crippen molar-refractivity contribution in [2.75, 3.05) is 14.7 Å². The van der Waals surface area contributed by atoms with Gasteiger partial charge in [-0.15, -0.1) is 0 Å². The monoisotopic (exact) mass is 805 g/mol. The maximum atomic E-state index is 2.38. The van der Waals surface area contributed by atoms with Crippen LogP contribution in [0.4, 0.5) is 51.2 Å². The average molecular weight is 806 g/mol. The van der Waals surface area contributed by atoms with E-state index in [4.69, 9.17) is 0 Å². The number of fused-ring (bicyclic) bond motifs is 3. The van der Waals surface area contributed by atoms with Crippen LogP contribution < -0.4 is 14.7 Å². The van der Waals surface area contributed by atoms with Gasteiger partial charge in [0, 0.05) is 51.2 Å². The second-order valence-electron chi connectivity index (χ2n) is 15.9. The van der Waals surface area contributed by atoms with Gasteiger partial charge in [0.05, 0.1) is 0 Å². The highest BCUT2D eigenvalue weighted by Crippen LogP contribution is 2.45. The normalized spacial score (nSPS) is 11.2. The van der Waals surface area contributed by atoms with Crippen LogP contribution in [0.1, 0.15) is 0 Å². The van der Waals surface area contributed by atoms with Crippen molar-refractivity contribution in [1.82, 2.24) is 0 Å². The minimum absolute atomic E-state index is 1.05. The summed E-state index contributed by atoms with van der Waals surface area (Å²) < 4.78 is 0. The van der Waals surface area contributed by atoms with Crippen molar-refractivity contribution in [3.8, 4) is 11.1 Å². The molecular formula is C60H43N3. The molecule has 0 heterocycles. The van der Waals surface area contributed by atoms with E-state index in [9.17, 15) is 0 Å². The summed E-state index contributed by atoms with van der Waals surface area (Å²) in [5.74, 6) is 0. The molecule has 0 aliphatic rings. The van der Waals surface area contributed by atoms with E-state index < -0.39 is 0 Å². The number of benzene rings is 11. The van der Waals surface area contributed by atoms with E-state index in [-0.39, 0.29) is 0 Å². The number of para-hydroxylation sites is 3. The first-order valence-corrected chi connectivity index (χ1v) is 21.5. The van der Waals surface area contributed by atoms with Gasteiger partial charge in [-0.1, -0.05) is 158 Å². The summed E-state index contributed by atoms with van der Waals surface area (Å²) in [6, 6.07) is 94.0. The van der Waals surface area contributed by atoms with E-state index in [0.717, 1.165) is 62.3 Å². The van der Waals surface area contributed by atoms with Gasteiger partial charge in [-0.3, -0.25) is 0 Å². The number of anilines is 9. The van der Waals surface area contributed by atoms with Crippen molar-refractivity contribution in [1.29, 1.82) is 0 Å². The average Bonchev–Trinajstić information content (AvgIpc) is 3.35. The van der Waals surface area contributed by atoms with Gasteiger partial charge in [0.2, 0.25) is 0 Å². The largest absolute Gasteiger partial charge is 0.310 e. The third-order valence-electron chi connectivity index (χ3n) is 11.9. The van der Waals surface area contributed by atoms with Gasteiger partial charge in [0.25, 0.3) is 0 Å². The van der Waals surface area contributed by atoms with Crippen molar-refractivity contribution in [3.63, 3.8) is 0 Å². The summed E-state index contributed by atoms with van der Waals surface area (Å²) in [5, 5.41) is 7.24. The van der Waals surface area contributed by atoms with Crippen LogP contribution in [0.5, 0.6) is 0 Å². The Hall–Kier alpha value is -8.40. The van der Waals surface area contributed by atoms with Crippen molar-refractivity contribution < 1.29 is 0 Å². The molecule has 0 amide bonds. The number of nitrogens with zero attached hydrogens (tertiary/aromatic N) is 3. The molecule has 11 aromatic rings. The maximum absolute atomic E-state index is 2.38. The lowest BCUT2D eigenvalue weighted by Gasteiger charge is -2.30. The first kappa shape index (κ1) is 37.6. The molecule has 0 saturated carbocycles. The summed E-state index contributed by atoms with van der Waals surface area (Å²) in [6.45, 7) is 0. The van der Waals surface area contributed by atoms with E-state index in [2.05, 4.69) is 276 Å². The van der Waals surface area contributed by atoms with E-state index in [1.165, 1.54) is 32.3 Å². The number of hydrogen-bond donors (Lipinski definition) is 0. The fraction of sp³-hybridized carbons (Fsp3) is 0.